The first-order valence-corrected chi connectivity index (χ1v) is 10.7. The molecule has 0 radical (unpaired) electrons. The lowest BCUT2D eigenvalue weighted by Crippen LogP contribution is -2.30. The molecule has 1 spiro atoms. The number of halogens is 4. The molecule has 3 fully saturated rings. The Bertz CT molecular complexity index is 1190. The first-order chi connectivity index (χ1) is 15.2. The molecule has 1 saturated heterocycles. The van der Waals surface area contributed by atoms with Crippen LogP contribution in [0.2, 0.25) is 5.02 Å². The van der Waals surface area contributed by atoms with Crippen LogP contribution in [0.5, 0.6) is 0 Å². The third-order valence-corrected chi connectivity index (χ3v) is 7.65. The number of alkyl halides is 3. The Morgan fingerprint density at radius 3 is 2.31 bits per heavy atom. The van der Waals surface area contributed by atoms with Gasteiger partial charge < -0.3 is 4.42 Å². The topological polar surface area (TPSA) is 62.9 Å². The van der Waals surface area contributed by atoms with Gasteiger partial charge in [0.1, 0.15) is 11.5 Å². The fourth-order valence-electron chi connectivity index (χ4n) is 5.75. The zero-order chi connectivity index (χ0) is 22.4. The van der Waals surface area contributed by atoms with Crippen molar-refractivity contribution in [3.05, 3.63) is 58.8 Å². The van der Waals surface area contributed by atoms with Crippen LogP contribution in [0, 0.1) is 29.1 Å². The molecule has 3 aliphatic carbocycles. The van der Waals surface area contributed by atoms with E-state index in [-0.39, 0.29) is 63.0 Å². The smallest absolute Gasteiger partial charge is 0.416 e. The molecule has 5 nitrogen and oxygen atoms in total. The van der Waals surface area contributed by atoms with Crippen molar-refractivity contribution in [1.29, 1.82) is 0 Å². The lowest BCUT2D eigenvalue weighted by molar-refractivity contribution is -0.141. The van der Waals surface area contributed by atoms with Gasteiger partial charge in [-0.15, -0.1) is 0 Å². The van der Waals surface area contributed by atoms with Crippen molar-refractivity contribution in [2.24, 2.45) is 34.2 Å². The van der Waals surface area contributed by atoms with E-state index in [0.717, 1.165) is 36.0 Å². The van der Waals surface area contributed by atoms with Gasteiger partial charge in [0.05, 0.1) is 28.6 Å². The molecule has 6 rings (SSSR count). The molecule has 1 aliphatic heterocycles. The Balaban J connectivity index is 1.24. The normalized spacial score (nSPS) is 29.7. The third kappa shape index (κ3) is 2.62. The van der Waals surface area contributed by atoms with Gasteiger partial charge in [-0.3, -0.25) is 9.59 Å². The molecule has 32 heavy (non-hydrogen) atoms. The number of fused-ring (bicyclic) bond motifs is 3. The van der Waals surface area contributed by atoms with Crippen LogP contribution >= 0.6 is 11.6 Å². The molecule has 4 atom stereocenters. The molecule has 2 heterocycles. The Morgan fingerprint density at radius 1 is 1.06 bits per heavy atom. The molecule has 2 aromatic rings. The van der Waals surface area contributed by atoms with Crippen LogP contribution in [0.4, 0.5) is 13.2 Å². The lowest BCUT2D eigenvalue weighted by Gasteiger charge is -2.18. The van der Waals surface area contributed by atoms with Crippen molar-refractivity contribution in [3.8, 4) is 11.3 Å². The number of amides is 2. The summed E-state index contributed by atoms with van der Waals surface area (Å²) in [6.07, 6.45) is 2.98. The van der Waals surface area contributed by atoms with E-state index in [0.29, 0.717) is 0 Å². The molecule has 4 aliphatic rings. The summed E-state index contributed by atoms with van der Waals surface area (Å²) >= 11 is 6.06. The summed E-state index contributed by atoms with van der Waals surface area (Å²) in [5.41, 5.74) is -0.655. The van der Waals surface area contributed by atoms with E-state index in [2.05, 4.69) is 17.3 Å². The van der Waals surface area contributed by atoms with Gasteiger partial charge in [0.15, 0.2) is 0 Å². The maximum atomic E-state index is 13.0. The number of hydrogen-bond acceptors (Lipinski definition) is 4. The molecule has 1 aromatic heterocycles. The molecular formula is C23H16ClF3N2O3. The molecule has 164 valence electrons. The highest BCUT2D eigenvalue weighted by atomic mass is 35.5. The van der Waals surface area contributed by atoms with Crippen LogP contribution in [0.1, 0.15) is 24.2 Å². The molecule has 1 aromatic carbocycles. The van der Waals surface area contributed by atoms with Crippen LogP contribution in [-0.4, -0.2) is 23.0 Å². The summed E-state index contributed by atoms with van der Waals surface area (Å²) in [6, 6.07) is 5.92. The number of nitrogens with zero attached hydrogens (tertiary/aromatic N) is 2. The van der Waals surface area contributed by atoms with E-state index in [9.17, 15) is 22.8 Å². The fraction of sp³-hybridized carbons (Fsp3) is 0.348. The maximum Gasteiger partial charge on any atom is 0.416 e. The average Bonchev–Trinajstić information content (AvgIpc) is 3.03. The monoisotopic (exact) mass is 460 g/mol. The number of furan rings is 1. The van der Waals surface area contributed by atoms with Gasteiger partial charge in [-0.2, -0.15) is 23.3 Å². The van der Waals surface area contributed by atoms with Crippen molar-refractivity contribution < 1.29 is 27.2 Å². The second-order valence-corrected chi connectivity index (χ2v) is 9.26. The maximum absolute atomic E-state index is 13.0. The predicted molar refractivity (Wildman–Crippen MR) is 108 cm³/mol. The van der Waals surface area contributed by atoms with Crippen molar-refractivity contribution in [2.75, 3.05) is 0 Å². The van der Waals surface area contributed by atoms with E-state index in [1.807, 2.05) is 0 Å². The molecule has 9 heteroatoms. The second-order valence-electron chi connectivity index (χ2n) is 8.85. The number of hydrazone groups is 1. The van der Waals surface area contributed by atoms with Gasteiger partial charge in [0.25, 0.3) is 11.8 Å². The van der Waals surface area contributed by atoms with Crippen LogP contribution in [0.15, 0.2) is 52.0 Å². The highest BCUT2D eigenvalue weighted by molar-refractivity contribution is 6.33. The number of rotatable bonds is 3. The van der Waals surface area contributed by atoms with Gasteiger partial charge in [0.2, 0.25) is 0 Å². The van der Waals surface area contributed by atoms with Crippen molar-refractivity contribution in [2.45, 2.75) is 19.0 Å². The van der Waals surface area contributed by atoms with Gasteiger partial charge in [-0.1, -0.05) is 23.8 Å². The summed E-state index contributed by atoms with van der Waals surface area (Å²) in [4.78, 5) is 25.9. The Morgan fingerprint density at radius 2 is 1.72 bits per heavy atom. The SMILES string of the molecule is O=C1[C@@H]2[C@H](C(=O)N1/N=C\c1ccc(-c3cc(C(F)(F)F)ccc3Cl)o1)[C@H]1C=C[C@@H]2C12CC2. The molecular weight excluding hydrogens is 445 g/mol. The molecule has 2 bridgehead atoms. The molecule has 0 N–H and O–H groups in total. The Hall–Kier alpha value is -2.87. The van der Waals surface area contributed by atoms with Gasteiger partial charge >= 0.3 is 6.18 Å². The highest BCUT2D eigenvalue weighted by Crippen LogP contribution is 2.73. The fourth-order valence-corrected chi connectivity index (χ4v) is 5.96. The third-order valence-electron chi connectivity index (χ3n) is 7.32. The summed E-state index contributed by atoms with van der Waals surface area (Å²) in [5, 5.41) is 5.08. The predicted octanol–water partition coefficient (Wildman–Crippen LogP) is 5.15. The number of benzene rings is 1. The van der Waals surface area contributed by atoms with Crippen LogP contribution < -0.4 is 0 Å². The van der Waals surface area contributed by atoms with E-state index in [1.54, 1.807) is 0 Å². The summed E-state index contributed by atoms with van der Waals surface area (Å²) in [5.74, 6) is -0.789. The van der Waals surface area contributed by atoms with E-state index in [4.69, 9.17) is 16.0 Å². The summed E-state index contributed by atoms with van der Waals surface area (Å²) in [7, 11) is 0. The zero-order valence-electron chi connectivity index (χ0n) is 16.5. The number of carbonyl (C=O) groups excluding carboxylic acids is 2. The van der Waals surface area contributed by atoms with E-state index >= 15 is 0 Å². The van der Waals surface area contributed by atoms with Crippen LogP contribution in [0.3, 0.4) is 0 Å². The van der Waals surface area contributed by atoms with Gasteiger partial charge in [-0.05, 0) is 60.4 Å². The minimum Gasteiger partial charge on any atom is -0.455 e. The van der Waals surface area contributed by atoms with Crippen molar-refractivity contribution >= 4 is 29.6 Å². The van der Waals surface area contributed by atoms with Crippen molar-refractivity contribution in [3.63, 3.8) is 0 Å². The number of imide groups is 1. The lowest BCUT2D eigenvalue weighted by atomic mass is 9.85. The minimum absolute atomic E-state index is 0.0846. The standard InChI is InChI=1S/C23H16ClF3N2O3/c24-16-5-1-11(23(25,26)27)9-13(16)17-6-2-12(32-17)10-28-29-20(30)18-14-3-4-15(19(18)21(29)31)22(14)7-8-22/h1-6,9-10,14-15,18-19H,7-8H2/b28-10-/t14-,15+,18-,19+. The van der Waals surface area contributed by atoms with E-state index < -0.39 is 11.7 Å². The molecule has 2 amide bonds. The number of hydrogen-bond donors (Lipinski definition) is 0. The minimum atomic E-state index is -4.52. The summed E-state index contributed by atoms with van der Waals surface area (Å²) in [6.45, 7) is 0. The number of carbonyl (C=O) groups is 2. The first-order valence-electron chi connectivity index (χ1n) is 10.3. The van der Waals surface area contributed by atoms with E-state index in [1.165, 1.54) is 18.3 Å². The second kappa shape index (κ2) is 6.34. The summed E-state index contributed by atoms with van der Waals surface area (Å²) < 4.78 is 44.7. The van der Waals surface area contributed by atoms with Crippen molar-refractivity contribution in [1.82, 2.24) is 5.01 Å². The highest BCUT2D eigenvalue weighted by Gasteiger charge is 2.73. The zero-order valence-corrected chi connectivity index (χ0v) is 17.2. The Kier molecular flexibility index (Phi) is 3.92. The van der Waals surface area contributed by atoms with Crippen LogP contribution in [-0.2, 0) is 15.8 Å². The quantitative estimate of drug-likeness (QED) is 0.361. The first kappa shape index (κ1) is 19.8. The molecule has 2 saturated carbocycles. The number of allylic oxidation sites excluding steroid dienone is 2. The van der Waals surface area contributed by atoms with Gasteiger partial charge in [0, 0.05) is 5.56 Å². The average molecular weight is 461 g/mol. The largest absolute Gasteiger partial charge is 0.455 e. The molecule has 0 unspecified atom stereocenters. The van der Waals surface area contributed by atoms with Gasteiger partial charge in [-0.25, -0.2) is 0 Å². The van der Waals surface area contributed by atoms with Crippen LogP contribution in [0.25, 0.3) is 11.3 Å². The Labute approximate surface area is 185 Å².